The second kappa shape index (κ2) is 9.22. The molecule has 0 aromatic carbocycles. The molecule has 0 unspecified atom stereocenters. The average molecular weight is 447 g/mol. The lowest BCUT2D eigenvalue weighted by molar-refractivity contribution is -0.138. The molecule has 1 aromatic rings. The van der Waals surface area contributed by atoms with Gasteiger partial charge in [0.1, 0.15) is 5.82 Å². The fourth-order valence-electron chi connectivity index (χ4n) is 6.34. The van der Waals surface area contributed by atoms with Crippen molar-refractivity contribution in [2.24, 2.45) is 5.92 Å². The van der Waals surface area contributed by atoms with Gasteiger partial charge in [-0.1, -0.05) is 19.3 Å². The molecule has 6 nitrogen and oxygen atoms in total. The lowest BCUT2D eigenvalue weighted by Crippen LogP contribution is -2.55. The van der Waals surface area contributed by atoms with Crippen LogP contribution in [-0.2, 0) is 17.8 Å². The highest BCUT2D eigenvalue weighted by molar-refractivity contribution is 6.21. The highest BCUT2D eigenvalue weighted by Gasteiger charge is 2.41. The zero-order valence-corrected chi connectivity index (χ0v) is 19.2. The van der Waals surface area contributed by atoms with E-state index in [1.165, 1.54) is 19.3 Å². The second-order valence-corrected chi connectivity index (χ2v) is 10.6. The minimum atomic E-state index is 0.101. The van der Waals surface area contributed by atoms with Crippen molar-refractivity contribution in [3.63, 3.8) is 0 Å². The van der Waals surface area contributed by atoms with Crippen LogP contribution in [0.5, 0.6) is 0 Å². The van der Waals surface area contributed by atoms with Gasteiger partial charge in [0.2, 0.25) is 5.91 Å². The van der Waals surface area contributed by atoms with Crippen molar-refractivity contribution in [3.8, 4) is 0 Å². The van der Waals surface area contributed by atoms with Gasteiger partial charge in [0.05, 0.1) is 12.2 Å². The van der Waals surface area contributed by atoms with Crippen molar-refractivity contribution in [3.05, 3.63) is 27.9 Å². The maximum Gasteiger partial charge on any atom is 0.253 e. The molecule has 4 heterocycles. The molecule has 0 bridgehead atoms. The van der Waals surface area contributed by atoms with Crippen LogP contribution in [0.2, 0.25) is 0 Å². The second-order valence-electron chi connectivity index (χ2n) is 10.0. The number of fused-ring (bicyclic) bond motifs is 2. The van der Waals surface area contributed by atoms with Gasteiger partial charge in [-0.2, -0.15) is 0 Å². The van der Waals surface area contributed by atoms with Crippen molar-refractivity contribution in [2.45, 2.75) is 88.1 Å². The number of amides is 1. The Morgan fingerprint density at radius 2 is 1.90 bits per heavy atom. The molecule has 4 aliphatic rings. The summed E-state index contributed by atoms with van der Waals surface area (Å²) in [6, 6.07) is 2.09. The minimum Gasteiger partial charge on any atom is -0.338 e. The lowest BCUT2D eigenvalue weighted by atomic mass is 9.78. The molecular formula is C24H35ClN4O2. The first-order valence-electron chi connectivity index (χ1n) is 12.4. The molecule has 31 heavy (non-hydrogen) atoms. The van der Waals surface area contributed by atoms with Crippen molar-refractivity contribution in [2.75, 3.05) is 26.2 Å². The van der Waals surface area contributed by atoms with Crippen molar-refractivity contribution >= 4 is 17.5 Å². The van der Waals surface area contributed by atoms with Crippen LogP contribution >= 0.6 is 11.6 Å². The Kier molecular flexibility index (Phi) is 6.38. The van der Waals surface area contributed by atoms with E-state index >= 15 is 0 Å². The standard InChI is InChI=1S/C24H35ClN4O2/c25-19-10-13-28(21-7-4-3-6-18(19)21)24(31)16-27-12-9-17(15-27)20-14-23(30)29-11-5-1-2-8-22(29)26-20/h14,17-19,21H,1-13,15-16H2/t17-,18-,19-,21-/m0/s1. The van der Waals surface area contributed by atoms with Gasteiger partial charge in [0.15, 0.2) is 0 Å². The van der Waals surface area contributed by atoms with Crippen LogP contribution in [0.3, 0.4) is 0 Å². The predicted octanol–water partition coefficient (Wildman–Crippen LogP) is 3.16. The number of likely N-dealkylation sites (tertiary alicyclic amines) is 2. The SMILES string of the molecule is O=C(CN1CC[C@H](c2cc(=O)n3c(n2)CCCCC3)C1)N1CC[C@H](Cl)[C@@H]2CCCC[C@@H]21. The molecule has 0 N–H and O–H groups in total. The molecule has 4 atom stereocenters. The van der Waals surface area contributed by atoms with E-state index in [4.69, 9.17) is 16.6 Å². The number of alkyl halides is 1. The van der Waals surface area contributed by atoms with E-state index in [0.717, 1.165) is 82.6 Å². The molecule has 170 valence electrons. The molecule has 3 fully saturated rings. The molecule has 0 radical (unpaired) electrons. The van der Waals surface area contributed by atoms with Crippen molar-refractivity contribution in [1.29, 1.82) is 0 Å². The number of hydrogen-bond acceptors (Lipinski definition) is 4. The Hall–Kier alpha value is -1.40. The fraction of sp³-hybridized carbons (Fsp3) is 0.792. The van der Waals surface area contributed by atoms with Gasteiger partial charge in [-0.15, -0.1) is 11.6 Å². The van der Waals surface area contributed by atoms with E-state index in [1.807, 2.05) is 4.57 Å². The molecule has 1 aromatic heterocycles. The zero-order valence-electron chi connectivity index (χ0n) is 18.5. The molecular weight excluding hydrogens is 412 g/mol. The highest BCUT2D eigenvalue weighted by atomic mass is 35.5. The first-order chi connectivity index (χ1) is 15.1. The smallest absolute Gasteiger partial charge is 0.253 e. The number of nitrogens with zero attached hydrogens (tertiary/aromatic N) is 4. The van der Waals surface area contributed by atoms with Gasteiger partial charge in [-0.05, 0) is 51.0 Å². The monoisotopic (exact) mass is 446 g/mol. The van der Waals surface area contributed by atoms with Gasteiger partial charge in [-0.3, -0.25) is 19.1 Å². The molecule has 0 spiro atoms. The molecule has 1 amide bonds. The van der Waals surface area contributed by atoms with E-state index in [0.29, 0.717) is 18.5 Å². The summed E-state index contributed by atoms with van der Waals surface area (Å²) in [5.41, 5.74) is 1.03. The normalized spacial score (nSPS) is 31.7. The van der Waals surface area contributed by atoms with Crippen LogP contribution in [0.15, 0.2) is 10.9 Å². The third-order valence-corrected chi connectivity index (χ3v) is 8.59. The maximum atomic E-state index is 13.2. The summed E-state index contributed by atoms with van der Waals surface area (Å²) in [5, 5.41) is 0.226. The largest absolute Gasteiger partial charge is 0.338 e. The van der Waals surface area contributed by atoms with Crippen LogP contribution < -0.4 is 5.56 Å². The molecule has 7 heteroatoms. The van der Waals surface area contributed by atoms with Gasteiger partial charge >= 0.3 is 0 Å². The van der Waals surface area contributed by atoms with Crippen LogP contribution in [0, 0.1) is 5.92 Å². The summed E-state index contributed by atoms with van der Waals surface area (Å²) in [6.45, 7) is 3.80. The molecule has 5 rings (SSSR count). The van der Waals surface area contributed by atoms with Crippen molar-refractivity contribution < 1.29 is 4.79 Å². The van der Waals surface area contributed by atoms with Gasteiger partial charge in [0, 0.05) is 49.5 Å². The van der Waals surface area contributed by atoms with Crippen LogP contribution in [0.25, 0.3) is 0 Å². The Morgan fingerprint density at radius 1 is 1.03 bits per heavy atom. The third kappa shape index (κ3) is 4.43. The number of carbonyl (C=O) groups excluding carboxylic acids is 1. The quantitative estimate of drug-likeness (QED) is 0.669. The molecule has 1 aliphatic carbocycles. The van der Waals surface area contributed by atoms with Gasteiger partial charge in [0.25, 0.3) is 5.56 Å². The number of aromatic nitrogens is 2. The Bertz CT molecular complexity index is 872. The van der Waals surface area contributed by atoms with E-state index < -0.39 is 0 Å². The predicted molar refractivity (Wildman–Crippen MR) is 122 cm³/mol. The summed E-state index contributed by atoms with van der Waals surface area (Å²) in [7, 11) is 0. The summed E-state index contributed by atoms with van der Waals surface area (Å²) >= 11 is 6.61. The maximum absolute atomic E-state index is 13.2. The summed E-state index contributed by atoms with van der Waals surface area (Å²) in [5.74, 6) is 1.94. The van der Waals surface area contributed by atoms with E-state index in [1.54, 1.807) is 6.07 Å². The van der Waals surface area contributed by atoms with Crippen LogP contribution in [-0.4, -0.2) is 62.9 Å². The zero-order chi connectivity index (χ0) is 21.4. The number of piperidine rings is 1. The highest BCUT2D eigenvalue weighted by Crippen LogP contribution is 2.38. The molecule has 1 saturated carbocycles. The summed E-state index contributed by atoms with van der Waals surface area (Å²) < 4.78 is 1.87. The van der Waals surface area contributed by atoms with Crippen LogP contribution in [0.1, 0.15) is 75.2 Å². The summed E-state index contributed by atoms with van der Waals surface area (Å²) in [4.78, 5) is 35.2. The first kappa shape index (κ1) is 21.4. The number of hydrogen-bond donors (Lipinski definition) is 0. The van der Waals surface area contributed by atoms with Gasteiger partial charge in [-0.25, -0.2) is 4.98 Å². The molecule has 3 aliphatic heterocycles. The Morgan fingerprint density at radius 3 is 2.81 bits per heavy atom. The average Bonchev–Trinajstić information content (AvgIpc) is 3.10. The number of aryl methyl sites for hydroxylation is 1. The lowest BCUT2D eigenvalue weighted by Gasteiger charge is -2.46. The molecule has 2 saturated heterocycles. The summed E-state index contributed by atoms with van der Waals surface area (Å²) in [6.07, 6.45) is 10.8. The first-order valence-corrected chi connectivity index (χ1v) is 12.8. The Balaban J connectivity index is 1.23. The number of rotatable bonds is 3. The van der Waals surface area contributed by atoms with E-state index in [-0.39, 0.29) is 22.8 Å². The van der Waals surface area contributed by atoms with E-state index in [2.05, 4.69) is 9.80 Å². The topological polar surface area (TPSA) is 58.4 Å². The number of halogens is 1. The number of carbonyl (C=O) groups is 1. The fourth-order valence-corrected chi connectivity index (χ4v) is 6.73. The van der Waals surface area contributed by atoms with Gasteiger partial charge < -0.3 is 4.90 Å². The van der Waals surface area contributed by atoms with E-state index in [9.17, 15) is 9.59 Å². The minimum absolute atomic E-state index is 0.101. The van der Waals surface area contributed by atoms with Crippen molar-refractivity contribution in [1.82, 2.24) is 19.4 Å². The van der Waals surface area contributed by atoms with Crippen LogP contribution in [0.4, 0.5) is 0 Å². The third-order valence-electron chi connectivity index (χ3n) is 8.05. The Labute approximate surface area is 190 Å².